The van der Waals surface area contributed by atoms with Gasteiger partial charge in [-0.2, -0.15) is 8.42 Å². The Labute approximate surface area is 174 Å². The van der Waals surface area contributed by atoms with E-state index in [1.54, 1.807) is 7.11 Å². The van der Waals surface area contributed by atoms with Gasteiger partial charge in [-0.1, -0.05) is 17.7 Å². The van der Waals surface area contributed by atoms with Crippen molar-refractivity contribution in [2.24, 2.45) is 5.41 Å². The molecule has 0 N–H and O–H groups in total. The fourth-order valence-corrected chi connectivity index (χ4v) is 5.56. The minimum absolute atomic E-state index is 0.0414. The fourth-order valence-electron chi connectivity index (χ4n) is 5.23. The predicted octanol–water partition coefficient (Wildman–Crippen LogP) is 3.98. The molecule has 0 bridgehead atoms. The number of carbonyl (C=O) groups is 1. The molecule has 0 heterocycles. The first-order chi connectivity index (χ1) is 13.5. The number of carbonyl (C=O) groups excluding carboxylic acids is 1. The number of Topliss-reactive ketones (excluding diaryl/α,β-unsaturated/α-hetero) is 1. The smallest absolute Gasteiger partial charge is 0.264 e. The van der Waals surface area contributed by atoms with Crippen LogP contribution in [-0.2, 0) is 30.3 Å². The van der Waals surface area contributed by atoms with Gasteiger partial charge in [0, 0.05) is 30.9 Å². The van der Waals surface area contributed by atoms with E-state index in [0.29, 0.717) is 12.8 Å². The van der Waals surface area contributed by atoms with Crippen molar-refractivity contribution in [1.29, 1.82) is 0 Å². The summed E-state index contributed by atoms with van der Waals surface area (Å²) in [6.07, 6.45) is 5.65. The molecule has 0 aromatic heterocycles. The van der Waals surface area contributed by atoms with Gasteiger partial charge in [-0.25, -0.2) is 0 Å². The van der Waals surface area contributed by atoms with Crippen LogP contribution in [0.4, 0.5) is 0 Å². The van der Waals surface area contributed by atoms with Crippen molar-refractivity contribution in [2.45, 2.75) is 65.4 Å². The number of aryl methyl sites for hydroxylation is 3. The van der Waals surface area contributed by atoms with E-state index in [0.717, 1.165) is 59.8 Å². The van der Waals surface area contributed by atoms with Crippen LogP contribution in [0.2, 0.25) is 0 Å². The quantitative estimate of drug-likeness (QED) is 0.651. The van der Waals surface area contributed by atoms with E-state index >= 15 is 0 Å². The summed E-state index contributed by atoms with van der Waals surface area (Å²) in [6, 6.07) is 4.26. The van der Waals surface area contributed by atoms with Crippen molar-refractivity contribution in [3.8, 4) is 0 Å². The monoisotopic (exact) mass is 420 g/mol. The Hall–Kier alpha value is -1.50. The zero-order valence-electron chi connectivity index (χ0n) is 18.1. The maximum Gasteiger partial charge on any atom is 0.264 e. The summed E-state index contributed by atoms with van der Waals surface area (Å²) in [5.74, 6) is 0.119. The number of rotatable bonds is 6. The molecule has 3 rings (SSSR count). The van der Waals surface area contributed by atoms with Gasteiger partial charge in [0.15, 0.2) is 5.78 Å². The van der Waals surface area contributed by atoms with Crippen molar-refractivity contribution in [1.82, 2.24) is 0 Å². The van der Waals surface area contributed by atoms with Crippen LogP contribution in [0.15, 0.2) is 23.3 Å². The zero-order valence-corrected chi connectivity index (χ0v) is 18.9. The Morgan fingerprint density at radius 2 is 1.83 bits per heavy atom. The molecule has 2 atom stereocenters. The molecular weight excluding hydrogens is 388 g/mol. The highest BCUT2D eigenvalue weighted by Gasteiger charge is 2.48. The molecule has 2 aliphatic rings. The lowest BCUT2D eigenvalue weighted by Crippen LogP contribution is -2.34. The van der Waals surface area contributed by atoms with Gasteiger partial charge in [0.05, 0.1) is 19.0 Å². The summed E-state index contributed by atoms with van der Waals surface area (Å²) in [5, 5.41) is 0. The molecule has 1 aromatic carbocycles. The first kappa shape index (κ1) is 22.2. The van der Waals surface area contributed by atoms with Crippen LogP contribution in [-0.4, -0.2) is 40.3 Å². The van der Waals surface area contributed by atoms with Crippen LogP contribution >= 0.6 is 0 Å². The highest BCUT2D eigenvalue weighted by molar-refractivity contribution is 7.86. The molecule has 29 heavy (non-hydrogen) atoms. The minimum atomic E-state index is -3.60. The van der Waals surface area contributed by atoms with Crippen LogP contribution in [0.5, 0.6) is 0 Å². The lowest BCUT2D eigenvalue weighted by molar-refractivity contribution is -0.116. The number of ketones is 1. The third kappa shape index (κ3) is 4.81. The Balaban J connectivity index is 2.05. The molecule has 0 radical (unpaired) electrons. The lowest BCUT2D eigenvalue weighted by atomic mass is 9.68. The highest BCUT2D eigenvalue weighted by Crippen LogP contribution is 2.52. The van der Waals surface area contributed by atoms with Crippen molar-refractivity contribution < 1.29 is 22.1 Å². The number of ether oxygens (including phenoxy) is 1. The number of methoxy groups -OCH3 is 1. The second-order valence-corrected chi connectivity index (χ2v) is 10.5. The van der Waals surface area contributed by atoms with Gasteiger partial charge in [-0.05, 0) is 68.7 Å². The summed E-state index contributed by atoms with van der Waals surface area (Å²) >= 11 is 0. The third-order valence-corrected chi connectivity index (χ3v) is 7.13. The van der Waals surface area contributed by atoms with Crippen LogP contribution in [0.1, 0.15) is 54.4 Å². The number of hydrogen-bond donors (Lipinski definition) is 0. The van der Waals surface area contributed by atoms with E-state index in [1.807, 2.05) is 0 Å². The van der Waals surface area contributed by atoms with E-state index < -0.39 is 10.1 Å². The summed E-state index contributed by atoms with van der Waals surface area (Å²) in [4.78, 5) is 13.2. The standard InChI is InChI=1S/C23H32O5S/c1-15-9-16(2)19(17(3)10-15)11-20-21(14-28-29(5,25)26)23(13-22(20)24)8-6-7-18(12-23)27-4/h9-10,18H,6-8,11-14H2,1-5H3. The molecule has 5 nitrogen and oxygen atoms in total. The topological polar surface area (TPSA) is 69.7 Å². The van der Waals surface area contributed by atoms with Gasteiger partial charge >= 0.3 is 0 Å². The van der Waals surface area contributed by atoms with E-state index in [4.69, 9.17) is 8.92 Å². The zero-order chi connectivity index (χ0) is 21.4. The van der Waals surface area contributed by atoms with Gasteiger partial charge in [-0.15, -0.1) is 0 Å². The summed E-state index contributed by atoms with van der Waals surface area (Å²) in [7, 11) is -1.89. The van der Waals surface area contributed by atoms with Crippen molar-refractivity contribution in [3.63, 3.8) is 0 Å². The Morgan fingerprint density at radius 3 is 2.41 bits per heavy atom. The van der Waals surface area contributed by atoms with Crippen molar-refractivity contribution in [2.75, 3.05) is 20.0 Å². The summed E-state index contributed by atoms with van der Waals surface area (Å²) < 4.78 is 34.3. The van der Waals surface area contributed by atoms with Crippen LogP contribution in [0, 0.1) is 26.2 Å². The third-order valence-electron chi connectivity index (χ3n) is 6.58. The molecule has 1 aromatic rings. The second kappa shape index (κ2) is 8.32. The molecule has 0 aliphatic heterocycles. The van der Waals surface area contributed by atoms with Crippen LogP contribution in [0.3, 0.4) is 0 Å². The van der Waals surface area contributed by atoms with E-state index in [9.17, 15) is 13.2 Å². The molecule has 2 unspecified atom stereocenters. The largest absolute Gasteiger partial charge is 0.381 e. The van der Waals surface area contributed by atoms with Crippen molar-refractivity contribution >= 4 is 15.9 Å². The molecule has 2 aliphatic carbocycles. The average Bonchev–Trinajstić information content (AvgIpc) is 2.85. The second-order valence-electron chi connectivity index (χ2n) is 8.81. The molecule has 1 fully saturated rings. The molecular formula is C23H32O5S. The molecule has 0 saturated heterocycles. The van der Waals surface area contributed by atoms with Crippen LogP contribution in [0.25, 0.3) is 0 Å². The highest BCUT2D eigenvalue weighted by atomic mass is 32.2. The molecule has 0 amide bonds. The predicted molar refractivity (Wildman–Crippen MR) is 114 cm³/mol. The van der Waals surface area contributed by atoms with Gasteiger partial charge < -0.3 is 4.74 Å². The molecule has 1 saturated carbocycles. The number of allylic oxidation sites excluding steroid dienone is 1. The Kier molecular flexibility index (Phi) is 6.37. The summed E-state index contributed by atoms with van der Waals surface area (Å²) in [5.41, 5.74) is 5.92. The van der Waals surface area contributed by atoms with E-state index in [1.165, 1.54) is 5.56 Å². The first-order valence-corrected chi connectivity index (χ1v) is 12.1. The van der Waals surface area contributed by atoms with Gasteiger partial charge in [-0.3, -0.25) is 8.98 Å². The van der Waals surface area contributed by atoms with E-state index in [-0.39, 0.29) is 23.9 Å². The maximum atomic E-state index is 13.2. The van der Waals surface area contributed by atoms with Gasteiger partial charge in [0.2, 0.25) is 0 Å². The number of hydrogen-bond acceptors (Lipinski definition) is 5. The fraction of sp³-hybridized carbons (Fsp3) is 0.609. The lowest BCUT2D eigenvalue weighted by Gasteiger charge is -2.39. The summed E-state index contributed by atoms with van der Waals surface area (Å²) in [6.45, 7) is 6.16. The van der Waals surface area contributed by atoms with Gasteiger partial charge in [0.1, 0.15) is 0 Å². The maximum absolute atomic E-state index is 13.2. The number of benzene rings is 1. The minimum Gasteiger partial charge on any atom is -0.381 e. The molecule has 6 heteroatoms. The van der Waals surface area contributed by atoms with Crippen LogP contribution < -0.4 is 0 Å². The molecule has 1 spiro atoms. The van der Waals surface area contributed by atoms with Crippen molar-refractivity contribution in [3.05, 3.63) is 45.5 Å². The average molecular weight is 421 g/mol. The van der Waals surface area contributed by atoms with E-state index in [2.05, 4.69) is 32.9 Å². The Bertz CT molecular complexity index is 921. The first-order valence-electron chi connectivity index (χ1n) is 10.2. The normalized spacial score (nSPS) is 25.3. The molecule has 160 valence electrons. The SMILES string of the molecule is COC1CCCC2(CC(=O)C(Cc3c(C)cc(C)cc3C)=C2COS(C)(=O)=O)C1. The Morgan fingerprint density at radius 1 is 1.17 bits per heavy atom. The van der Waals surface area contributed by atoms with Gasteiger partial charge in [0.25, 0.3) is 10.1 Å².